The van der Waals surface area contributed by atoms with E-state index in [1.807, 2.05) is 0 Å². The molecule has 7 nitrogen and oxygen atoms in total. The van der Waals surface area contributed by atoms with Gasteiger partial charge in [-0.05, 0) is 23.7 Å². The molecule has 3 rings (SSSR count). The zero-order chi connectivity index (χ0) is 14.8. The summed E-state index contributed by atoms with van der Waals surface area (Å²) in [5, 5.41) is 3.69. The monoisotopic (exact) mass is 310 g/mol. The minimum absolute atomic E-state index is 0.0145. The van der Waals surface area contributed by atoms with Crippen molar-refractivity contribution in [2.75, 3.05) is 0 Å². The molecule has 21 heavy (non-hydrogen) atoms. The third-order valence-electron chi connectivity index (χ3n) is 2.30. The van der Waals surface area contributed by atoms with Gasteiger partial charge in [-0.25, -0.2) is 13.8 Å². The lowest BCUT2D eigenvalue weighted by molar-refractivity contribution is 0.427. The molecule has 0 N–H and O–H groups in total. The van der Waals surface area contributed by atoms with Gasteiger partial charge in [-0.2, -0.15) is 24.7 Å². The summed E-state index contributed by atoms with van der Waals surface area (Å²) in [5.74, 6) is -1.95. The number of hydrogen-bond acceptors (Lipinski definition) is 6. The first-order valence-electron chi connectivity index (χ1n) is 5.51. The van der Waals surface area contributed by atoms with Gasteiger partial charge in [-0.15, -0.1) is 0 Å². The smallest absolute Gasteiger partial charge is 0.328 e. The minimum Gasteiger partial charge on any atom is -0.424 e. The van der Waals surface area contributed by atoms with Crippen molar-refractivity contribution in [2.45, 2.75) is 0 Å². The first-order chi connectivity index (χ1) is 10.1. The van der Waals surface area contributed by atoms with Crippen molar-refractivity contribution in [1.82, 2.24) is 29.7 Å². The Morgan fingerprint density at radius 2 is 1.95 bits per heavy atom. The molecule has 0 aliphatic carbocycles. The molecular formula is C11H5ClF2N6O. The molecule has 0 unspecified atom stereocenters. The van der Waals surface area contributed by atoms with Gasteiger partial charge in [0.05, 0.1) is 0 Å². The maximum atomic E-state index is 13.1. The molecule has 0 spiro atoms. The summed E-state index contributed by atoms with van der Waals surface area (Å²) >= 11 is 5.75. The van der Waals surface area contributed by atoms with E-state index in [4.69, 9.17) is 16.3 Å². The number of aromatic nitrogens is 6. The van der Waals surface area contributed by atoms with Crippen LogP contribution in [0.1, 0.15) is 0 Å². The van der Waals surface area contributed by atoms with Crippen LogP contribution in [-0.4, -0.2) is 29.7 Å². The quantitative estimate of drug-likeness (QED) is 0.737. The van der Waals surface area contributed by atoms with Gasteiger partial charge in [0, 0.05) is 6.07 Å². The third-order valence-corrected chi connectivity index (χ3v) is 2.47. The Kier molecular flexibility index (Phi) is 3.40. The van der Waals surface area contributed by atoms with E-state index in [-0.39, 0.29) is 23.0 Å². The van der Waals surface area contributed by atoms with Crippen molar-refractivity contribution in [3.05, 3.63) is 47.8 Å². The number of rotatable bonds is 3. The fourth-order valence-corrected chi connectivity index (χ4v) is 1.58. The van der Waals surface area contributed by atoms with Crippen molar-refractivity contribution in [3.8, 4) is 17.7 Å². The minimum atomic E-state index is -1.05. The maximum absolute atomic E-state index is 13.1. The van der Waals surface area contributed by atoms with Gasteiger partial charge in [-0.1, -0.05) is 0 Å². The Morgan fingerprint density at radius 1 is 1.10 bits per heavy atom. The molecule has 0 aliphatic heterocycles. The Morgan fingerprint density at radius 3 is 2.67 bits per heavy atom. The van der Waals surface area contributed by atoms with E-state index < -0.39 is 11.6 Å². The van der Waals surface area contributed by atoms with Gasteiger partial charge in [0.25, 0.3) is 5.95 Å². The molecule has 0 amide bonds. The van der Waals surface area contributed by atoms with Crippen molar-refractivity contribution >= 4 is 11.6 Å². The zero-order valence-corrected chi connectivity index (χ0v) is 10.9. The predicted octanol–water partition coefficient (Wildman–Crippen LogP) is 2.18. The van der Waals surface area contributed by atoms with Crippen molar-refractivity contribution < 1.29 is 13.5 Å². The average molecular weight is 311 g/mol. The fraction of sp³-hybridized carbons (Fsp3) is 0. The number of ether oxygens (including phenoxy) is 1. The second-order valence-corrected chi connectivity index (χ2v) is 4.04. The second-order valence-electron chi connectivity index (χ2n) is 3.71. The average Bonchev–Trinajstić information content (AvgIpc) is 2.96. The topological polar surface area (TPSA) is 78.6 Å². The highest BCUT2D eigenvalue weighted by molar-refractivity contribution is 6.28. The van der Waals surface area contributed by atoms with Crippen LogP contribution in [0, 0.1) is 11.6 Å². The van der Waals surface area contributed by atoms with Crippen LogP contribution in [0.25, 0.3) is 5.95 Å². The van der Waals surface area contributed by atoms with E-state index in [1.165, 1.54) is 23.4 Å². The molecule has 10 heteroatoms. The zero-order valence-electron chi connectivity index (χ0n) is 10.1. The summed E-state index contributed by atoms with van der Waals surface area (Å²) in [6.07, 6.45) is 2.64. The normalized spacial score (nSPS) is 10.6. The lowest BCUT2D eigenvalue weighted by Gasteiger charge is -2.05. The molecule has 0 fully saturated rings. The van der Waals surface area contributed by atoms with Crippen LogP contribution < -0.4 is 4.74 Å². The molecule has 0 saturated heterocycles. The van der Waals surface area contributed by atoms with Crippen LogP contribution >= 0.6 is 11.6 Å². The van der Waals surface area contributed by atoms with E-state index in [0.29, 0.717) is 0 Å². The summed E-state index contributed by atoms with van der Waals surface area (Å²) < 4.78 is 32.4. The molecule has 0 aliphatic rings. The first-order valence-corrected chi connectivity index (χ1v) is 5.89. The lowest BCUT2D eigenvalue weighted by atomic mass is 10.3. The summed E-state index contributed by atoms with van der Waals surface area (Å²) in [6.45, 7) is 0. The van der Waals surface area contributed by atoms with Gasteiger partial charge in [0.1, 0.15) is 18.4 Å². The van der Waals surface area contributed by atoms with Crippen LogP contribution in [0.15, 0.2) is 30.9 Å². The Bertz CT molecular complexity index is 782. The van der Waals surface area contributed by atoms with E-state index in [1.54, 1.807) is 0 Å². The fourth-order valence-electron chi connectivity index (χ4n) is 1.43. The van der Waals surface area contributed by atoms with Crippen LogP contribution in [0.3, 0.4) is 0 Å². The van der Waals surface area contributed by atoms with Gasteiger partial charge >= 0.3 is 6.01 Å². The highest BCUT2D eigenvalue weighted by Gasteiger charge is 2.11. The first kappa shape index (κ1) is 13.3. The summed E-state index contributed by atoms with van der Waals surface area (Å²) in [7, 11) is 0. The highest BCUT2D eigenvalue weighted by atomic mass is 35.5. The maximum Gasteiger partial charge on any atom is 0.328 e. The van der Waals surface area contributed by atoms with Gasteiger partial charge < -0.3 is 4.74 Å². The van der Waals surface area contributed by atoms with Crippen LogP contribution in [0.4, 0.5) is 8.78 Å². The number of benzene rings is 1. The van der Waals surface area contributed by atoms with Gasteiger partial charge in [0.15, 0.2) is 11.6 Å². The molecule has 0 bridgehead atoms. The molecule has 0 radical (unpaired) electrons. The van der Waals surface area contributed by atoms with Crippen molar-refractivity contribution in [2.24, 2.45) is 0 Å². The van der Waals surface area contributed by atoms with Crippen LogP contribution in [0.5, 0.6) is 11.8 Å². The molecule has 2 heterocycles. The lowest BCUT2D eigenvalue weighted by Crippen LogP contribution is -2.05. The number of hydrogen-bond donors (Lipinski definition) is 0. The van der Waals surface area contributed by atoms with Crippen molar-refractivity contribution in [1.29, 1.82) is 0 Å². The SMILES string of the molecule is Fc1ccc(Oc2nc(Cl)nc(-n3cncn3)n2)cc1F. The van der Waals surface area contributed by atoms with E-state index in [0.717, 1.165) is 12.1 Å². The standard InChI is InChI=1S/C11H5ClF2N6O/c12-9-17-10(20-5-15-4-16-20)19-11(18-9)21-6-1-2-7(13)8(14)3-6/h1-5H. The second kappa shape index (κ2) is 5.37. The largest absolute Gasteiger partial charge is 0.424 e. The molecule has 2 aromatic heterocycles. The van der Waals surface area contributed by atoms with E-state index in [2.05, 4.69) is 25.0 Å². The van der Waals surface area contributed by atoms with Gasteiger partial charge in [-0.3, -0.25) is 0 Å². The van der Waals surface area contributed by atoms with Crippen molar-refractivity contribution in [3.63, 3.8) is 0 Å². The van der Waals surface area contributed by atoms with Gasteiger partial charge in [0.2, 0.25) is 5.28 Å². The number of halogens is 3. The third kappa shape index (κ3) is 2.92. The Balaban J connectivity index is 1.93. The van der Waals surface area contributed by atoms with Crippen LogP contribution in [0.2, 0.25) is 5.28 Å². The van der Waals surface area contributed by atoms with Crippen LogP contribution in [-0.2, 0) is 0 Å². The summed E-state index contributed by atoms with van der Waals surface area (Å²) in [4.78, 5) is 15.3. The summed E-state index contributed by atoms with van der Waals surface area (Å²) in [5.41, 5.74) is 0. The Labute approximate surface area is 121 Å². The number of nitrogens with zero attached hydrogens (tertiary/aromatic N) is 6. The van der Waals surface area contributed by atoms with E-state index in [9.17, 15) is 8.78 Å². The Hall–Kier alpha value is -2.68. The predicted molar refractivity (Wildman–Crippen MR) is 66.2 cm³/mol. The molecular weight excluding hydrogens is 306 g/mol. The summed E-state index contributed by atoms with van der Waals surface area (Å²) in [6, 6.07) is 2.82. The molecule has 106 valence electrons. The molecule has 3 aromatic rings. The van der Waals surface area contributed by atoms with E-state index >= 15 is 0 Å². The molecule has 1 aromatic carbocycles. The molecule has 0 atom stereocenters. The highest BCUT2D eigenvalue weighted by Crippen LogP contribution is 2.21. The molecule has 0 saturated carbocycles.